The first kappa shape index (κ1) is 11.9. The average molecular weight is 229 g/mol. The molecule has 1 heterocycles. The van der Waals surface area contributed by atoms with Gasteiger partial charge in [-0.15, -0.1) is 0 Å². The molecule has 0 saturated heterocycles. The van der Waals surface area contributed by atoms with E-state index in [9.17, 15) is 0 Å². The van der Waals surface area contributed by atoms with Crippen LogP contribution in [0, 0.1) is 0 Å². The molecular formula is C14H19N3. The van der Waals surface area contributed by atoms with Crippen LogP contribution in [0.25, 0.3) is 0 Å². The fourth-order valence-corrected chi connectivity index (χ4v) is 1.80. The second-order valence-corrected chi connectivity index (χ2v) is 4.20. The van der Waals surface area contributed by atoms with Crippen LogP contribution in [0.4, 0.5) is 0 Å². The van der Waals surface area contributed by atoms with Crippen LogP contribution in [0.2, 0.25) is 0 Å². The maximum absolute atomic E-state index is 4.31. The molecule has 3 heteroatoms. The van der Waals surface area contributed by atoms with Crippen molar-refractivity contribution in [2.45, 2.75) is 33.0 Å². The Balaban J connectivity index is 1.78. The standard InChI is InChI=1S/C14H19N3/c1-2-8-17-12-14(11-16-17)10-15-9-13-6-4-3-5-7-13/h3-7,11-12,15H,2,8-10H2,1H3. The van der Waals surface area contributed by atoms with Gasteiger partial charge < -0.3 is 5.32 Å². The third-order valence-corrected chi connectivity index (χ3v) is 2.64. The first-order valence-electron chi connectivity index (χ1n) is 6.14. The van der Waals surface area contributed by atoms with E-state index in [4.69, 9.17) is 0 Å². The van der Waals surface area contributed by atoms with Crippen molar-refractivity contribution in [1.29, 1.82) is 0 Å². The van der Waals surface area contributed by atoms with Crippen LogP contribution < -0.4 is 5.32 Å². The van der Waals surface area contributed by atoms with Crippen molar-refractivity contribution in [3.63, 3.8) is 0 Å². The molecule has 3 nitrogen and oxygen atoms in total. The lowest BCUT2D eigenvalue weighted by Crippen LogP contribution is -2.12. The number of nitrogens with one attached hydrogen (secondary N) is 1. The van der Waals surface area contributed by atoms with Gasteiger partial charge in [-0.25, -0.2) is 0 Å². The molecule has 2 rings (SSSR count). The molecule has 90 valence electrons. The number of hydrogen-bond donors (Lipinski definition) is 1. The normalized spacial score (nSPS) is 10.6. The minimum atomic E-state index is 0.874. The highest BCUT2D eigenvalue weighted by Crippen LogP contribution is 2.01. The van der Waals surface area contributed by atoms with Crippen molar-refractivity contribution in [1.82, 2.24) is 15.1 Å². The lowest BCUT2D eigenvalue weighted by molar-refractivity contribution is 0.601. The Hall–Kier alpha value is -1.61. The number of hydrogen-bond acceptors (Lipinski definition) is 2. The Labute approximate surface area is 102 Å². The average Bonchev–Trinajstić information content (AvgIpc) is 2.79. The molecule has 17 heavy (non-hydrogen) atoms. The van der Waals surface area contributed by atoms with Crippen molar-refractivity contribution in [3.05, 3.63) is 53.9 Å². The zero-order valence-corrected chi connectivity index (χ0v) is 10.3. The van der Waals surface area contributed by atoms with Crippen LogP contribution in [0.5, 0.6) is 0 Å². The first-order valence-corrected chi connectivity index (χ1v) is 6.14. The zero-order valence-electron chi connectivity index (χ0n) is 10.3. The van der Waals surface area contributed by atoms with Crippen molar-refractivity contribution < 1.29 is 0 Å². The lowest BCUT2D eigenvalue weighted by Gasteiger charge is -2.02. The third kappa shape index (κ3) is 3.71. The number of aryl methyl sites for hydroxylation is 1. The molecule has 0 aliphatic carbocycles. The smallest absolute Gasteiger partial charge is 0.0534 e. The minimum absolute atomic E-state index is 0.874. The van der Waals surface area contributed by atoms with E-state index in [0.717, 1.165) is 26.1 Å². The van der Waals surface area contributed by atoms with Gasteiger partial charge in [-0.1, -0.05) is 37.3 Å². The summed E-state index contributed by atoms with van der Waals surface area (Å²) in [6.45, 7) is 4.94. The highest BCUT2D eigenvalue weighted by atomic mass is 15.3. The number of nitrogens with zero attached hydrogens (tertiary/aromatic N) is 2. The summed E-state index contributed by atoms with van der Waals surface area (Å²) >= 11 is 0. The van der Waals surface area contributed by atoms with Crippen LogP contribution in [0.3, 0.4) is 0 Å². The molecule has 1 aromatic carbocycles. The van der Waals surface area contributed by atoms with Gasteiger partial charge in [0, 0.05) is 31.4 Å². The van der Waals surface area contributed by atoms with Crippen molar-refractivity contribution >= 4 is 0 Å². The molecule has 0 aliphatic rings. The van der Waals surface area contributed by atoms with Crippen LogP contribution in [0.15, 0.2) is 42.7 Å². The Bertz CT molecular complexity index is 434. The molecule has 0 bridgehead atoms. The highest BCUT2D eigenvalue weighted by Gasteiger charge is 1.97. The zero-order chi connectivity index (χ0) is 11.9. The van der Waals surface area contributed by atoms with Gasteiger partial charge in [-0.3, -0.25) is 4.68 Å². The second-order valence-electron chi connectivity index (χ2n) is 4.20. The molecule has 0 unspecified atom stereocenters. The monoisotopic (exact) mass is 229 g/mol. The van der Waals surface area contributed by atoms with Gasteiger partial charge in [-0.2, -0.15) is 5.10 Å². The quantitative estimate of drug-likeness (QED) is 0.825. The van der Waals surface area contributed by atoms with E-state index in [1.165, 1.54) is 11.1 Å². The topological polar surface area (TPSA) is 29.9 Å². The minimum Gasteiger partial charge on any atom is -0.309 e. The fourth-order valence-electron chi connectivity index (χ4n) is 1.80. The molecule has 0 atom stereocenters. The summed E-state index contributed by atoms with van der Waals surface area (Å²) in [5.41, 5.74) is 2.56. The van der Waals surface area contributed by atoms with Crippen molar-refractivity contribution in [2.24, 2.45) is 0 Å². The predicted octanol–water partition coefficient (Wildman–Crippen LogP) is 2.58. The summed E-state index contributed by atoms with van der Waals surface area (Å²) in [6, 6.07) is 10.4. The van der Waals surface area contributed by atoms with Crippen molar-refractivity contribution in [3.8, 4) is 0 Å². The molecule has 1 aromatic heterocycles. The summed E-state index contributed by atoms with van der Waals surface area (Å²) < 4.78 is 2.00. The Morgan fingerprint density at radius 1 is 1.12 bits per heavy atom. The van der Waals surface area contributed by atoms with Crippen LogP contribution in [0.1, 0.15) is 24.5 Å². The van der Waals surface area contributed by atoms with E-state index in [1.807, 2.05) is 16.9 Å². The van der Waals surface area contributed by atoms with E-state index in [1.54, 1.807) is 0 Å². The van der Waals surface area contributed by atoms with Gasteiger partial charge in [0.1, 0.15) is 0 Å². The van der Waals surface area contributed by atoms with Gasteiger partial charge in [0.25, 0.3) is 0 Å². The van der Waals surface area contributed by atoms with Crippen LogP contribution >= 0.6 is 0 Å². The Morgan fingerprint density at radius 2 is 1.88 bits per heavy atom. The highest BCUT2D eigenvalue weighted by molar-refractivity contribution is 5.14. The Morgan fingerprint density at radius 3 is 2.65 bits per heavy atom. The number of rotatable bonds is 6. The Kier molecular flexibility index (Phi) is 4.33. The van der Waals surface area contributed by atoms with Gasteiger partial charge in [0.05, 0.1) is 6.20 Å². The maximum atomic E-state index is 4.31. The predicted molar refractivity (Wildman–Crippen MR) is 69.5 cm³/mol. The summed E-state index contributed by atoms with van der Waals surface area (Å²) in [7, 11) is 0. The molecule has 0 saturated carbocycles. The maximum Gasteiger partial charge on any atom is 0.0534 e. The van der Waals surface area contributed by atoms with E-state index >= 15 is 0 Å². The van der Waals surface area contributed by atoms with Crippen LogP contribution in [-0.2, 0) is 19.6 Å². The van der Waals surface area contributed by atoms with Crippen LogP contribution in [-0.4, -0.2) is 9.78 Å². The molecule has 0 aliphatic heterocycles. The first-order chi connectivity index (χ1) is 8.38. The second kappa shape index (κ2) is 6.21. The fraction of sp³-hybridized carbons (Fsp3) is 0.357. The summed E-state index contributed by atoms with van der Waals surface area (Å²) in [4.78, 5) is 0. The summed E-state index contributed by atoms with van der Waals surface area (Å²) in [5, 5.41) is 7.73. The SMILES string of the molecule is CCCn1cc(CNCc2ccccc2)cn1. The summed E-state index contributed by atoms with van der Waals surface area (Å²) in [6.07, 6.45) is 5.17. The number of benzene rings is 1. The van der Waals surface area contributed by atoms with E-state index in [-0.39, 0.29) is 0 Å². The third-order valence-electron chi connectivity index (χ3n) is 2.64. The molecular weight excluding hydrogens is 210 g/mol. The van der Waals surface area contributed by atoms with Gasteiger partial charge in [0.2, 0.25) is 0 Å². The summed E-state index contributed by atoms with van der Waals surface area (Å²) in [5.74, 6) is 0. The van der Waals surface area contributed by atoms with E-state index in [2.05, 4.69) is 47.8 Å². The van der Waals surface area contributed by atoms with Gasteiger partial charge in [0.15, 0.2) is 0 Å². The molecule has 0 spiro atoms. The van der Waals surface area contributed by atoms with Crippen molar-refractivity contribution in [2.75, 3.05) is 0 Å². The van der Waals surface area contributed by atoms with E-state index in [0.29, 0.717) is 0 Å². The van der Waals surface area contributed by atoms with Gasteiger partial charge in [-0.05, 0) is 12.0 Å². The molecule has 0 radical (unpaired) electrons. The number of aromatic nitrogens is 2. The molecule has 1 N–H and O–H groups in total. The molecule has 0 amide bonds. The molecule has 2 aromatic rings. The largest absolute Gasteiger partial charge is 0.309 e. The lowest BCUT2D eigenvalue weighted by atomic mass is 10.2. The molecule has 0 fully saturated rings. The van der Waals surface area contributed by atoms with E-state index < -0.39 is 0 Å². The van der Waals surface area contributed by atoms with Gasteiger partial charge >= 0.3 is 0 Å².